The summed E-state index contributed by atoms with van der Waals surface area (Å²) in [6, 6.07) is 16.3. The first-order valence-electron chi connectivity index (χ1n) is 6.75. The summed E-state index contributed by atoms with van der Waals surface area (Å²) in [4.78, 5) is 0. The standard InChI is InChI=1S/C17H16N2O/c1-12-7-14(9-18)17(20-15-10-19-11-15)8-16(12)13-5-3-2-4-6-13/h2-8,15,19H,10-11H2,1H3. The molecule has 0 unspecified atom stereocenters. The van der Waals surface area contributed by atoms with E-state index < -0.39 is 0 Å². The van der Waals surface area contributed by atoms with Crippen molar-refractivity contribution in [1.82, 2.24) is 5.32 Å². The van der Waals surface area contributed by atoms with E-state index in [4.69, 9.17) is 4.74 Å². The van der Waals surface area contributed by atoms with Gasteiger partial charge in [0.05, 0.1) is 5.56 Å². The van der Waals surface area contributed by atoms with E-state index in [2.05, 4.69) is 23.5 Å². The van der Waals surface area contributed by atoms with Crippen LogP contribution in [0.25, 0.3) is 11.1 Å². The monoisotopic (exact) mass is 264 g/mol. The van der Waals surface area contributed by atoms with Gasteiger partial charge < -0.3 is 10.1 Å². The molecule has 0 spiro atoms. The maximum atomic E-state index is 9.26. The van der Waals surface area contributed by atoms with Crippen LogP contribution in [0.5, 0.6) is 5.75 Å². The van der Waals surface area contributed by atoms with E-state index in [9.17, 15) is 5.26 Å². The van der Waals surface area contributed by atoms with Gasteiger partial charge in [0.25, 0.3) is 0 Å². The minimum Gasteiger partial charge on any atom is -0.486 e. The molecule has 3 heteroatoms. The predicted molar refractivity (Wildman–Crippen MR) is 78.6 cm³/mol. The van der Waals surface area contributed by atoms with E-state index in [-0.39, 0.29) is 6.10 Å². The Morgan fingerprint density at radius 2 is 1.95 bits per heavy atom. The van der Waals surface area contributed by atoms with Crippen LogP contribution >= 0.6 is 0 Å². The number of hydrogen-bond acceptors (Lipinski definition) is 3. The summed E-state index contributed by atoms with van der Waals surface area (Å²) in [5.41, 5.74) is 3.96. The molecule has 0 aromatic heterocycles. The zero-order valence-corrected chi connectivity index (χ0v) is 11.4. The third-order valence-corrected chi connectivity index (χ3v) is 3.57. The summed E-state index contributed by atoms with van der Waals surface area (Å²) in [5.74, 6) is 0.684. The van der Waals surface area contributed by atoms with Crippen molar-refractivity contribution < 1.29 is 4.74 Å². The van der Waals surface area contributed by atoms with Crippen molar-refractivity contribution in [3.63, 3.8) is 0 Å². The molecule has 1 saturated heterocycles. The van der Waals surface area contributed by atoms with Crippen molar-refractivity contribution in [2.75, 3.05) is 13.1 Å². The van der Waals surface area contributed by atoms with Crippen LogP contribution in [0.15, 0.2) is 42.5 Å². The molecule has 0 radical (unpaired) electrons. The number of nitriles is 1. The molecule has 0 amide bonds. The molecule has 1 aliphatic rings. The lowest BCUT2D eigenvalue weighted by molar-refractivity contribution is 0.142. The van der Waals surface area contributed by atoms with Crippen molar-refractivity contribution in [2.45, 2.75) is 13.0 Å². The van der Waals surface area contributed by atoms with Gasteiger partial charge in [0, 0.05) is 13.1 Å². The summed E-state index contributed by atoms with van der Waals surface area (Å²) < 4.78 is 5.90. The van der Waals surface area contributed by atoms with Crippen molar-refractivity contribution in [2.24, 2.45) is 0 Å². The molecule has 100 valence electrons. The molecule has 0 aliphatic carbocycles. The van der Waals surface area contributed by atoms with Gasteiger partial charge in [-0.2, -0.15) is 5.26 Å². The van der Waals surface area contributed by atoms with E-state index in [1.165, 1.54) is 0 Å². The minimum atomic E-state index is 0.174. The highest BCUT2D eigenvalue weighted by Gasteiger charge is 2.20. The predicted octanol–water partition coefficient (Wildman–Crippen LogP) is 2.88. The van der Waals surface area contributed by atoms with Gasteiger partial charge in [-0.3, -0.25) is 0 Å². The third kappa shape index (κ3) is 2.38. The van der Waals surface area contributed by atoms with E-state index in [1.54, 1.807) is 0 Å². The minimum absolute atomic E-state index is 0.174. The molecule has 1 N–H and O–H groups in total. The van der Waals surface area contributed by atoms with E-state index in [0.29, 0.717) is 11.3 Å². The quantitative estimate of drug-likeness (QED) is 0.927. The Kier molecular flexibility index (Phi) is 3.41. The van der Waals surface area contributed by atoms with Crippen LogP contribution in [0.1, 0.15) is 11.1 Å². The lowest BCUT2D eigenvalue weighted by Gasteiger charge is -2.28. The third-order valence-electron chi connectivity index (χ3n) is 3.57. The molecule has 1 fully saturated rings. The first kappa shape index (κ1) is 12.7. The highest BCUT2D eigenvalue weighted by Crippen LogP contribution is 2.31. The molecular formula is C17H16N2O. The average Bonchev–Trinajstić information content (AvgIpc) is 2.44. The van der Waals surface area contributed by atoms with Gasteiger partial charge in [-0.1, -0.05) is 30.3 Å². The normalized spacial score (nSPS) is 14.4. The highest BCUT2D eigenvalue weighted by atomic mass is 16.5. The molecule has 3 rings (SSSR count). The summed E-state index contributed by atoms with van der Waals surface area (Å²) in [5, 5.41) is 12.4. The topological polar surface area (TPSA) is 45.0 Å². The summed E-state index contributed by atoms with van der Waals surface area (Å²) in [6.45, 7) is 3.72. The molecule has 2 aromatic rings. The van der Waals surface area contributed by atoms with Crippen LogP contribution in [0.3, 0.4) is 0 Å². The number of nitrogens with zero attached hydrogens (tertiary/aromatic N) is 1. The number of nitrogens with one attached hydrogen (secondary N) is 1. The number of aryl methyl sites for hydroxylation is 1. The molecule has 0 saturated carbocycles. The van der Waals surface area contributed by atoms with Gasteiger partial charge in [0.15, 0.2) is 0 Å². The Morgan fingerprint density at radius 3 is 2.55 bits per heavy atom. The van der Waals surface area contributed by atoms with Crippen molar-refractivity contribution >= 4 is 0 Å². The lowest BCUT2D eigenvalue weighted by Crippen LogP contribution is -2.50. The number of rotatable bonds is 3. The molecule has 1 heterocycles. The van der Waals surface area contributed by atoms with E-state index in [1.807, 2.05) is 37.3 Å². The average molecular weight is 264 g/mol. The Labute approximate surface area is 118 Å². The van der Waals surface area contributed by atoms with Crippen LogP contribution in [-0.4, -0.2) is 19.2 Å². The SMILES string of the molecule is Cc1cc(C#N)c(OC2CNC2)cc1-c1ccccc1. The largest absolute Gasteiger partial charge is 0.486 e. The van der Waals surface area contributed by atoms with Gasteiger partial charge in [-0.25, -0.2) is 0 Å². The summed E-state index contributed by atoms with van der Waals surface area (Å²) >= 11 is 0. The molecule has 1 aliphatic heterocycles. The van der Waals surface area contributed by atoms with Gasteiger partial charge in [0.1, 0.15) is 17.9 Å². The second-order valence-corrected chi connectivity index (χ2v) is 5.04. The summed E-state index contributed by atoms with van der Waals surface area (Å²) in [7, 11) is 0. The molecule has 0 atom stereocenters. The van der Waals surface area contributed by atoms with Gasteiger partial charge in [-0.05, 0) is 35.7 Å². The second-order valence-electron chi connectivity index (χ2n) is 5.04. The van der Waals surface area contributed by atoms with Crippen LogP contribution in [0, 0.1) is 18.3 Å². The Bertz CT molecular complexity index is 655. The Hall–Kier alpha value is -2.31. The van der Waals surface area contributed by atoms with Crippen molar-refractivity contribution in [3.05, 3.63) is 53.6 Å². The number of benzene rings is 2. The van der Waals surface area contributed by atoms with Crippen LogP contribution in [-0.2, 0) is 0 Å². The smallest absolute Gasteiger partial charge is 0.138 e. The van der Waals surface area contributed by atoms with E-state index >= 15 is 0 Å². The van der Waals surface area contributed by atoms with Gasteiger partial charge >= 0.3 is 0 Å². The first-order valence-corrected chi connectivity index (χ1v) is 6.75. The summed E-state index contributed by atoms with van der Waals surface area (Å²) in [6.07, 6.45) is 0.174. The fourth-order valence-corrected chi connectivity index (χ4v) is 2.33. The molecular weight excluding hydrogens is 248 g/mol. The van der Waals surface area contributed by atoms with Gasteiger partial charge in [-0.15, -0.1) is 0 Å². The Morgan fingerprint density at radius 1 is 1.20 bits per heavy atom. The molecule has 0 bridgehead atoms. The first-order chi connectivity index (χ1) is 9.78. The van der Waals surface area contributed by atoms with Crippen LogP contribution in [0.2, 0.25) is 0 Å². The molecule has 20 heavy (non-hydrogen) atoms. The fraction of sp³-hybridized carbons (Fsp3) is 0.235. The fourth-order valence-electron chi connectivity index (χ4n) is 2.33. The van der Waals surface area contributed by atoms with Crippen LogP contribution < -0.4 is 10.1 Å². The molecule has 2 aromatic carbocycles. The zero-order chi connectivity index (χ0) is 13.9. The lowest BCUT2D eigenvalue weighted by atomic mass is 9.98. The van der Waals surface area contributed by atoms with E-state index in [0.717, 1.165) is 29.8 Å². The van der Waals surface area contributed by atoms with Crippen molar-refractivity contribution in [3.8, 4) is 22.9 Å². The van der Waals surface area contributed by atoms with Gasteiger partial charge in [0.2, 0.25) is 0 Å². The van der Waals surface area contributed by atoms with Crippen LogP contribution in [0.4, 0.5) is 0 Å². The Balaban J connectivity index is 2.02. The maximum Gasteiger partial charge on any atom is 0.138 e. The number of hydrogen-bond donors (Lipinski definition) is 1. The van der Waals surface area contributed by atoms with Crippen molar-refractivity contribution in [1.29, 1.82) is 5.26 Å². The maximum absolute atomic E-state index is 9.26. The second kappa shape index (κ2) is 5.36. The number of ether oxygens (including phenoxy) is 1. The molecule has 3 nitrogen and oxygen atoms in total. The highest BCUT2D eigenvalue weighted by molar-refractivity contribution is 5.71. The zero-order valence-electron chi connectivity index (χ0n) is 11.4.